The number of rotatable bonds is 12. The maximum atomic E-state index is 13.1. The molecule has 0 radical (unpaired) electrons. The zero-order valence-corrected chi connectivity index (χ0v) is 21.8. The Hall–Kier alpha value is -3.69. The molecule has 0 aliphatic carbocycles. The second-order valence-electron chi connectivity index (χ2n) is 8.76. The number of nitrogens with zero attached hydrogens (tertiary/aromatic N) is 2. The van der Waals surface area contributed by atoms with Crippen molar-refractivity contribution in [3.63, 3.8) is 0 Å². The highest BCUT2D eigenvalue weighted by atomic mass is 16.5. The minimum atomic E-state index is -1.05. The summed E-state index contributed by atoms with van der Waals surface area (Å²) in [6, 6.07) is 5.73. The fourth-order valence-corrected chi connectivity index (χ4v) is 3.52. The summed E-state index contributed by atoms with van der Waals surface area (Å²) in [5.74, 6) is -2.42. The highest BCUT2D eigenvalue weighted by Crippen LogP contribution is 2.14. The topological polar surface area (TPSA) is 129 Å². The first-order valence-electron chi connectivity index (χ1n) is 12.1. The van der Waals surface area contributed by atoms with Crippen LogP contribution >= 0.6 is 0 Å². The number of hydrogen-bond donors (Lipinski definition) is 2. The van der Waals surface area contributed by atoms with E-state index in [0.29, 0.717) is 11.3 Å². The number of ether oxygens (including phenoxy) is 2. The zero-order valence-electron chi connectivity index (χ0n) is 21.8. The molecule has 10 heteroatoms. The van der Waals surface area contributed by atoms with Crippen LogP contribution < -0.4 is 10.6 Å². The van der Waals surface area contributed by atoms with E-state index in [1.165, 1.54) is 0 Å². The third-order valence-corrected chi connectivity index (χ3v) is 5.51. The summed E-state index contributed by atoms with van der Waals surface area (Å²) in [6.07, 6.45) is 1.57. The maximum absolute atomic E-state index is 13.1. The summed E-state index contributed by atoms with van der Waals surface area (Å²) >= 11 is 0. The first-order chi connectivity index (χ1) is 17.1. The van der Waals surface area contributed by atoms with Gasteiger partial charge >= 0.3 is 11.9 Å². The van der Waals surface area contributed by atoms with Crippen molar-refractivity contribution in [2.45, 2.75) is 66.5 Å². The molecule has 0 fully saturated rings. The van der Waals surface area contributed by atoms with Crippen LogP contribution in [0.1, 0.15) is 62.2 Å². The molecule has 0 aliphatic heterocycles. The molecule has 1 aromatic heterocycles. The average molecular weight is 501 g/mol. The van der Waals surface area contributed by atoms with Gasteiger partial charge in [0.1, 0.15) is 12.1 Å². The van der Waals surface area contributed by atoms with Crippen LogP contribution in [0.3, 0.4) is 0 Å². The first-order valence-corrected chi connectivity index (χ1v) is 12.1. The van der Waals surface area contributed by atoms with Crippen molar-refractivity contribution in [2.24, 2.45) is 5.92 Å². The van der Waals surface area contributed by atoms with Crippen LogP contribution in [0, 0.1) is 19.8 Å². The molecule has 0 saturated carbocycles. The number of carbonyl (C=O) groups excluding carboxylic acids is 4. The van der Waals surface area contributed by atoms with Crippen molar-refractivity contribution in [2.75, 3.05) is 13.2 Å². The van der Waals surface area contributed by atoms with Gasteiger partial charge in [0.2, 0.25) is 5.91 Å². The van der Waals surface area contributed by atoms with Gasteiger partial charge in [0.25, 0.3) is 5.91 Å². The van der Waals surface area contributed by atoms with Crippen molar-refractivity contribution in [1.29, 1.82) is 0 Å². The smallest absolute Gasteiger partial charge is 0.328 e. The second-order valence-corrected chi connectivity index (χ2v) is 8.76. The molecule has 0 saturated heterocycles. The van der Waals surface area contributed by atoms with E-state index in [4.69, 9.17) is 9.47 Å². The van der Waals surface area contributed by atoms with Crippen molar-refractivity contribution in [3.05, 3.63) is 47.3 Å². The molecule has 2 amide bonds. The van der Waals surface area contributed by atoms with Crippen molar-refractivity contribution in [1.82, 2.24) is 20.4 Å². The number of aromatic nitrogens is 2. The van der Waals surface area contributed by atoms with E-state index in [0.717, 1.165) is 11.3 Å². The fourth-order valence-electron chi connectivity index (χ4n) is 3.52. The average Bonchev–Trinajstić information content (AvgIpc) is 3.22. The Labute approximate surface area is 211 Å². The summed E-state index contributed by atoms with van der Waals surface area (Å²) in [6.45, 7) is 10.9. The molecule has 0 bridgehead atoms. The monoisotopic (exact) mass is 500 g/mol. The number of nitrogens with one attached hydrogen (secondary N) is 2. The number of benzene rings is 1. The number of esters is 2. The van der Waals surface area contributed by atoms with Crippen LogP contribution in [-0.4, -0.2) is 58.8 Å². The van der Waals surface area contributed by atoms with Crippen LogP contribution in [0.2, 0.25) is 0 Å². The molecular formula is C26H36N4O6. The molecule has 36 heavy (non-hydrogen) atoms. The van der Waals surface area contributed by atoms with Gasteiger partial charge in [-0.3, -0.25) is 14.4 Å². The molecule has 2 N–H and O–H groups in total. The van der Waals surface area contributed by atoms with Gasteiger partial charge in [0, 0.05) is 12.6 Å². The van der Waals surface area contributed by atoms with Gasteiger partial charge in [-0.1, -0.05) is 31.5 Å². The third kappa shape index (κ3) is 7.93. The number of carbonyl (C=O) groups is 4. The van der Waals surface area contributed by atoms with E-state index in [2.05, 4.69) is 15.7 Å². The van der Waals surface area contributed by atoms with Crippen molar-refractivity contribution >= 4 is 23.8 Å². The lowest BCUT2D eigenvalue weighted by Gasteiger charge is -2.24. The summed E-state index contributed by atoms with van der Waals surface area (Å²) in [5, 5.41) is 9.82. The Morgan fingerprint density at radius 2 is 1.61 bits per heavy atom. The Morgan fingerprint density at radius 1 is 0.972 bits per heavy atom. The first kappa shape index (κ1) is 28.5. The van der Waals surface area contributed by atoms with Gasteiger partial charge in [-0.2, -0.15) is 5.10 Å². The molecule has 2 atom stereocenters. The predicted molar refractivity (Wildman–Crippen MR) is 134 cm³/mol. The normalized spacial score (nSPS) is 12.5. The lowest BCUT2D eigenvalue weighted by Crippen LogP contribution is -2.54. The molecule has 1 aromatic carbocycles. The van der Waals surface area contributed by atoms with Gasteiger partial charge in [0.15, 0.2) is 0 Å². The Balaban J connectivity index is 2.15. The van der Waals surface area contributed by atoms with E-state index < -0.39 is 35.8 Å². The van der Waals surface area contributed by atoms with Crippen LogP contribution in [0.25, 0.3) is 5.69 Å². The quantitative estimate of drug-likeness (QED) is 0.429. The molecular weight excluding hydrogens is 464 g/mol. The van der Waals surface area contributed by atoms with Gasteiger partial charge in [-0.05, 0) is 52.2 Å². The standard InChI is InChI=1S/C26H36N4O6/c1-7-35-22(31)14-13-21(26(34)36-8-2)27-25(33)23(16(3)4)28-24(32)20-15-30(29-18(20)6)19-11-9-17(5)10-12-19/h9-12,15-16,21,23H,7-8,13-14H2,1-6H3,(H,27,33)(H,28,32)/t21-,23+/m1/s1. The van der Waals surface area contributed by atoms with E-state index in [1.54, 1.807) is 45.5 Å². The molecule has 0 unspecified atom stereocenters. The largest absolute Gasteiger partial charge is 0.466 e. The van der Waals surface area contributed by atoms with Gasteiger partial charge in [0.05, 0.1) is 30.2 Å². The summed E-state index contributed by atoms with van der Waals surface area (Å²) in [4.78, 5) is 50.4. The van der Waals surface area contributed by atoms with Crippen molar-refractivity contribution in [3.8, 4) is 5.69 Å². The SMILES string of the molecule is CCOC(=O)CC[C@@H](NC(=O)[C@@H](NC(=O)c1cn(-c2ccc(C)cc2)nc1C)C(C)C)C(=O)OCC. The lowest BCUT2D eigenvalue weighted by molar-refractivity contribution is -0.149. The Morgan fingerprint density at radius 3 is 2.19 bits per heavy atom. The van der Waals surface area contributed by atoms with Crippen LogP contribution in [-0.2, 0) is 23.9 Å². The van der Waals surface area contributed by atoms with Crippen LogP contribution in [0.4, 0.5) is 0 Å². The Kier molecular flexibility index (Phi) is 10.6. The maximum Gasteiger partial charge on any atom is 0.328 e. The molecule has 2 aromatic rings. The molecule has 2 rings (SSSR count). The summed E-state index contributed by atoms with van der Waals surface area (Å²) in [7, 11) is 0. The van der Waals surface area contributed by atoms with Crippen LogP contribution in [0.5, 0.6) is 0 Å². The van der Waals surface area contributed by atoms with Gasteiger partial charge in [-0.15, -0.1) is 0 Å². The number of amides is 2. The van der Waals surface area contributed by atoms with Gasteiger partial charge in [-0.25, -0.2) is 9.48 Å². The molecule has 0 spiro atoms. The van der Waals surface area contributed by atoms with E-state index >= 15 is 0 Å². The highest BCUT2D eigenvalue weighted by Gasteiger charge is 2.30. The molecule has 0 aliphatic rings. The molecule has 196 valence electrons. The number of aryl methyl sites for hydroxylation is 2. The van der Waals surface area contributed by atoms with E-state index in [9.17, 15) is 19.2 Å². The zero-order chi connectivity index (χ0) is 26.8. The summed E-state index contributed by atoms with van der Waals surface area (Å²) in [5.41, 5.74) is 2.75. The predicted octanol–water partition coefficient (Wildman–Crippen LogP) is 2.63. The molecule has 1 heterocycles. The minimum absolute atomic E-state index is 0.0184. The summed E-state index contributed by atoms with van der Waals surface area (Å²) < 4.78 is 11.6. The fraction of sp³-hybridized carbons (Fsp3) is 0.500. The minimum Gasteiger partial charge on any atom is -0.466 e. The highest BCUT2D eigenvalue weighted by molar-refractivity contribution is 5.99. The van der Waals surface area contributed by atoms with E-state index in [-0.39, 0.29) is 32.0 Å². The van der Waals surface area contributed by atoms with E-state index in [1.807, 2.05) is 31.2 Å². The van der Waals surface area contributed by atoms with Gasteiger partial charge < -0.3 is 20.1 Å². The second kappa shape index (κ2) is 13.4. The van der Waals surface area contributed by atoms with Crippen LogP contribution in [0.15, 0.2) is 30.5 Å². The number of hydrogen-bond acceptors (Lipinski definition) is 7. The van der Waals surface area contributed by atoms with Crippen molar-refractivity contribution < 1.29 is 28.7 Å². The third-order valence-electron chi connectivity index (χ3n) is 5.51. The Bertz CT molecular complexity index is 1060. The lowest BCUT2D eigenvalue weighted by atomic mass is 10.0. The molecule has 10 nitrogen and oxygen atoms in total.